The second-order valence-corrected chi connectivity index (χ2v) is 4.66. The molecule has 1 saturated heterocycles. The highest BCUT2D eigenvalue weighted by Gasteiger charge is 2.30. The molecule has 6 nitrogen and oxygen atoms in total. The summed E-state index contributed by atoms with van der Waals surface area (Å²) in [4.78, 5) is 24.3. The van der Waals surface area contributed by atoms with E-state index >= 15 is 0 Å². The summed E-state index contributed by atoms with van der Waals surface area (Å²) in [5.74, 6) is -1.15. The molecule has 1 N–H and O–H groups in total. The molecule has 7 heteroatoms. The quantitative estimate of drug-likeness (QED) is 0.671. The van der Waals surface area contributed by atoms with Crippen LogP contribution in [0, 0.1) is 15.9 Å². The molecule has 1 unspecified atom stereocenters. The Morgan fingerprint density at radius 3 is 2.90 bits per heavy atom. The van der Waals surface area contributed by atoms with Crippen molar-refractivity contribution in [3.8, 4) is 0 Å². The lowest BCUT2D eigenvalue weighted by Gasteiger charge is -2.27. The number of hydrogen-bond acceptors (Lipinski definition) is 4. The Kier molecular flexibility index (Phi) is 4.29. The number of carbonyl (C=O) groups is 1. The van der Waals surface area contributed by atoms with Crippen LogP contribution >= 0.6 is 0 Å². The molecule has 1 atom stereocenters. The van der Waals surface area contributed by atoms with Gasteiger partial charge in [0.25, 0.3) is 11.6 Å². The number of halogens is 1. The standard InChI is InChI=1S/C13H16FN3O3/c1-2-16(10-5-6-15-8-10)13(18)11-7-9(14)3-4-12(11)17(19)20/h3-4,7,10,15H,2,5-6,8H2,1H3. The predicted octanol–water partition coefficient (Wildman–Crippen LogP) is 1.56. The Hall–Kier alpha value is -2.02. The lowest BCUT2D eigenvalue weighted by atomic mass is 10.1. The fraction of sp³-hybridized carbons (Fsp3) is 0.462. The van der Waals surface area contributed by atoms with Crippen LogP contribution < -0.4 is 5.32 Å². The van der Waals surface area contributed by atoms with Crippen molar-refractivity contribution in [1.82, 2.24) is 10.2 Å². The van der Waals surface area contributed by atoms with E-state index in [4.69, 9.17) is 0 Å². The van der Waals surface area contributed by atoms with Gasteiger partial charge in [-0.2, -0.15) is 0 Å². The topological polar surface area (TPSA) is 75.5 Å². The molecule has 1 aromatic rings. The molecule has 0 radical (unpaired) electrons. The molecule has 1 aromatic carbocycles. The average Bonchev–Trinajstić information content (AvgIpc) is 2.93. The summed E-state index contributed by atoms with van der Waals surface area (Å²) in [6, 6.07) is 2.95. The van der Waals surface area contributed by atoms with E-state index in [0.29, 0.717) is 13.1 Å². The molecule has 0 aromatic heterocycles. The third kappa shape index (κ3) is 2.77. The van der Waals surface area contributed by atoms with Gasteiger partial charge in [-0.3, -0.25) is 14.9 Å². The van der Waals surface area contributed by atoms with Crippen molar-refractivity contribution in [3.63, 3.8) is 0 Å². The SMILES string of the molecule is CCN(C(=O)c1cc(F)ccc1[N+](=O)[O-])C1CCNC1. The van der Waals surface area contributed by atoms with Crippen molar-refractivity contribution in [1.29, 1.82) is 0 Å². The van der Waals surface area contributed by atoms with E-state index in [1.807, 2.05) is 0 Å². The molecule has 0 aliphatic carbocycles. The predicted molar refractivity (Wildman–Crippen MR) is 71.0 cm³/mol. The summed E-state index contributed by atoms with van der Waals surface area (Å²) >= 11 is 0. The molecule has 108 valence electrons. The number of nitro benzene ring substituents is 1. The van der Waals surface area contributed by atoms with E-state index in [-0.39, 0.29) is 17.3 Å². The highest BCUT2D eigenvalue weighted by Crippen LogP contribution is 2.23. The minimum absolute atomic E-state index is 0.00429. The molecule has 1 aliphatic heterocycles. The number of nitrogens with one attached hydrogen (secondary N) is 1. The Labute approximate surface area is 115 Å². The van der Waals surface area contributed by atoms with Gasteiger partial charge in [0, 0.05) is 25.2 Å². The van der Waals surface area contributed by atoms with Crippen molar-refractivity contribution < 1.29 is 14.1 Å². The molecule has 1 aliphatic rings. The van der Waals surface area contributed by atoms with Crippen molar-refractivity contribution in [2.24, 2.45) is 0 Å². The van der Waals surface area contributed by atoms with Gasteiger partial charge in [-0.15, -0.1) is 0 Å². The normalized spacial score (nSPS) is 18.0. The molecule has 1 fully saturated rings. The fourth-order valence-electron chi connectivity index (χ4n) is 2.47. The lowest BCUT2D eigenvalue weighted by molar-refractivity contribution is -0.385. The van der Waals surface area contributed by atoms with E-state index in [1.165, 1.54) is 0 Å². The van der Waals surface area contributed by atoms with Crippen LogP contribution in [-0.2, 0) is 0 Å². The largest absolute Gasteiger partial charge is 0.334 e. The van der Waals surface area contributed by atoms with Gasteiger partial charge < -0.3 is 10.2 Å². The van der Waals surface area contributed by atoms with Gasteiger partial charge in [-0.05, 0) is 32.0 Å². The molecule has 0 saturated carbocycles. The van der Waals surface area contributed by atoms with Crippen molar-refractivity contribution in [2.45, 2.75) is 19.4 Å². The summed E-state index contributed by atoms with van der Waals surface area (Å²) in [7, 11) is 0. The maximum absolute atomic E-state index is 13.3. The first-order valence-corrected chi connectivity index (χ1v) is 6.50. The zero-order chi connectivity index (χ0) is 14.7. The van der Waals surface area contributed by atoms with Gasteiger partial charge in [0.1, 0.15) is 11.4 Å². The Balaban J connectivity index is 2.35. The molecule has 0 bridgehead atoms. The van der Waals surface area contributed by atoms with Crippen LogP contribution in [-0.4, -0.2) is 41.4 Å². The van der Waals surface area contributed by atoms with Crippen LogP contribution in [0.3, 0.4) is 0 Å². The minimum atomic E-state index is -0.659. The number of nitro groups is 1. The highest BCUT2D eigenvalue weighted by atomic mass is 19.1. The summed E-state index contributed by atoms with van der Waals surface area (Å²) in [5, 5.41) is 14.1. The molecular weight excluding hydrogens is 265 g/mol. The molecule has 0 spiro atoms. The van der Waals surface area contributed by atoms with Gasteiger partial charge in [0.15, 0.2) is 0 Å². The third-order valence-corrected chi connectivity index (χ3v) is 3.46. The van der Waals surface area contributed by atoms with Crippen molar-refractivity contribution in [3.05, 3.63) is 39.7 Å². The Morgan fingerprint density at radius 2 is 2.35 bits per heavy atom. The van der Waals surface area contributed by atoms with E-state index in [9.17, 15) is 19.3 Å². The van der Waals surface area contributed by atoms with Crippen LogP contribution in [0.5, 0.6) is 0 Å². The number of nitrogens with zero attached hydrogens (tertiary/aromatic N) is 2. The Bertz CT molecular complexity index is 530. The number of carbonyl (C=O) groups excluding carboxylic acids is 1. The van der Waals surface area contributed by atoms with E-state index in [0.717, 1.165) is 31.2 Å². The third-order valence-electron chi connectivity index (χ3n) is 3.46. The van der Waals surface area contributed by atoms with Crippen molar-refractivity contribution in [2.75, 3.05) is 19.6 Å². The number of hydrogen-bond donors (Lipinski definition) is 1. The molecule has 20 heavy (non-hydrogen) atoms. The summed E-state index contributed by atoms with van der Waals surface area (Å²) in [6.07, 6.45) is 0.794. The molecule has 2 rings (SSSR count). The van der Waals surface area contributed by atoms with Crippen LogP contribution in [0.25, 0.3) is 0 Å². The van der Waals surface area contributed by atoms with Gasteiger partial charge in [-0.25, -0.2) is 4.39 Å². The fourth-order valence-corrected chi connectivity index (χ4v) is 2.47. The molecule has 1 heterocycles. The van der Waals surface area contributed by atoms with Crippen LogP contribution in [0.2, 0.25) is 0 Å². The van der Waals surface area contributed by atoms with E-state index in [2.05, 4.69) is 5.32 Å². The van der Waals surface area contributed by atoms with Gasteiger partial charge in [0.05, 0.1) is 4.92 Å². The van der Waals surface area contributed by atoms with Gasteiger partial charge in [-0.1, -0.05) is 0 Å². The summed E-state index contributed by atoms with van der Waals surface area (Å²) < 4.78 is 13.3. The average molecular weight is 281 g/mol. The second-order valence-electron chi connectivity index (χ2n) is 4.66. The maximum atomic E-state index is 13.3. The summed E-state index contributed by atoms with van der Waals surface area (Å²) in [5.41, 5.74) is -0.551. The maximum Gasteiger partial charge on any atom is 0.282 e. The first kappa shape index (κ1) is 14.4. The van der Waals surface area contributed by atoms with Gasteiger partial charge >= 0.3 is 0 Å². The monoisotopic (exact) mass is 281 g/mol. The smallest absolute Gasteiger partial charge is 0.282 e. The zero-order valence-electron chi connectivity index (χ0n) is 11.1. The zero-order valence-corrected chi connectivity index (χ0v) is 11.1. The van der Waals surface area contributed by atoms with Crippen LogP contribution in [0.4, 0.5) is 10.1 Å². The molecular formula is C13H16FN3O3. The first-order valence-electron chi connectivity index (χ1n) is 6.50. The van der Waals surface area contributed by atoms with Gasteiger partial charge in [0.2, 0.25) is 0 Å². The number of benzene rings is 1. The molecule has 1 amide bonds. The van der Waals surface area contributed by atoms with Crippen molar-refractivity contribution >= 4 is 11.6 Å². The summed E-state index contributed by atoms with van der Waals surface area (Å²) in [6.45, 7) is 3.70. The lowest BCUT2D eigenvalue weighted by Crippen LogP contribution is -2.41. The second kappa shape index (κ2) is 5.96. The highest BCUT2D eigenvalue weighted by molar-refractivity contribution is 5.98. The Morgan fingerprint density at radius 1 is 1.60 bits per heavy atom. The number of likely N-dealkylation sites (N-methyl/N-ethyl adjacent to an activating group) is 1. The van der Waals surface area contributed by atoms with E-state index < -0.39 is 16.6 Å². The number of amides is 1. The number of rotatable bonds is 4. The first-order chi connectivity index (χ1) is 9.54. The minimum Gasteiger partial charge on any atom is -0.334 e. The van der Waals surface area contributed by atoms with E-state index in [1.54, 1.807) is 11.8 Å². The van der Waals surface area contributed by atoms with Crippen LogP contribution in [0.1, 0.15) is 23.7 Å². The van der Waals surface area contributed by atoms with Crippen LogP contribution in [0.15, 0.2) is 18.2 Å².